The first-order chi connectivity index (χ1) is 11.3. The minimum atomic E-state index is -0.450. The number of carbonyl (C=O) groups excluding carboxylic acids is 1. The number of carbonyl (C=O) groups is 1. The molecule has 1 aromatic carbocycles. The molecular formula is C20H30N2O2. The van der Waals surface area contributed by atoms with E-state index in [2.05, 4.69) is 30.4 Å². The lowest BCUT2D eigenvalue weighted by Crippen LogP contribution is -2.40. The van der Waals surface area contributed by atoms with Crippen LogP contribution in [-0.2, 0) is 17.7 Å². The van der Waals surface area contributed by atoms with Gasteiger partial charge in [-0.05, 0) is 63.1 Å². The summed E-state index contributed by atoms with van der Waals surface area (Å²) in [6.45, 7) is 9.43. The smallest absolute Gasteiger partial charge is 0.410 e. The van der Waals surface area contributed by atoms with Crippen molar-refractivity contribution >= 4 is 11.8 Å². The van der Waals surface area contributed by atoms with Crippen molar-refractivity contribution in [1.82, 2.24) is 4.90 Å². The van der Waals surface area contributed by atoms with E-state index >= 15 is 0 Å². The molecule has 2 aliphatic rings. The van der Waals surface area contributed by atoms with Crippen molar-refractivity contribution in [2.24, 2.45) is 5.92 Å². The summed E-state index contributed by atoms with van der Waals surface area (Å²) in [4.78, 5) is 14.2. The molecule has 0 bridgehead atoms. The molecule has 24 heavy (non-hydrogen) atoms. The highest BCUT2D eigenvalue weighted by Gasteiger charge is 2.28. The van der Waals surface area contributed by atoms with Gasteiger partial charge in [-0.25, -0.2) is 4.79 Å². The molecule has 1 aromatic rings. The highest BCUT2D eigenvalue weighted by molar-refractivity contribution is 5.70. The van der Waals surface area contributed by atoms with Crippen LogP contribution in [0.15, 0.2) is 18.2 Å². The summed E-state index contributed by atoms with van der Waals surface area (Å²) in [7, 11) is 0. The molecule has 1 N–H and O–H groups in total. The predicted octanol–water partition coefficient (Wildman–Crippen LogP) is 4.58. The number of nitrogens with one attached hydrogen (secondary N) is 1. The highest BCUT2D eigenvalue weighted by atomic mass is 16.6. The first-order valence-corrected chi connectivity index (χ1v) is 9.19. The van der Waals surface area contributed by atoms with Crippen molar-refractivity contribution in [2.45, 2.75) is 71.6 Å². The number of ether oxygens (including phenoxy) is 1. The maximum absolute atomic E-state index is 12.4. The second-order valence-corrected chi connectivity index (χ2v) is 8.25. The third-order valence-corrected chi connectivity index (χ3v) is 5.13. The van der Waals surface area contributed by atoms with E-state index in [0.717, 1.165) is 13.0 Å². The van der Waals surface area contributed by atoms with Crippen LogP contribution in [0.5, 0.6) is 0 Å². The minimum Gasteiger partial charge on any atom is -0.444 e. The Morgan fingerprint density at radius 1 is 1.29 bits per heavy atom. The van der Waals surface area contributed by atoms with Crippen LogP contribution in [-0.4, -0.2) is 29.2 Å². The average molecular weight is 330 g/mol. The predicted molar refractivity (Wildman–Crippen MR) is 97.2 cm³/mol. The normalized spacial score (nSPS) is 23.8. The van der Waals surface area contributed by atoms with Gasteiger partial charge < -0.3 is 15.0 Å². The molecule has 2 atom stereocenters. The number of hydrogen-bond donors (Lipinski definition) is 1. The van der Waals surface area contributed by atoms with Crippen molar-refractivity contribution in [3.8, 4) is 0 Å². The first kappa shape index (κ1) is 17.1. The van der Waals surface area contributed by atoms with Crippen molar-refractivity contribution in [3.63, 3.8) is 0 Å². The minimum absolute atomic E-state index is 0.211. The monoisotopic (exact) mass is 330 g/mol. The number of anilines is 1. The molecular weight excluding hydrogens is 300 g/mol. The van der Waals surface area contributed by atoms with Crippen LogP contribution < -0.4 is 5.32 Å². The van der Waals surface area contributed by atoms with Gasteiger partial charge >= 0.3 is 6.09 Å². The van der Waals surface area contributed by atoms with E-state index in [4.69, 9.17) is 4.74 Å². The van der Waals surface area contributed by atoms with Crippen LogP contribution in [0.25, 0.3) is 0 Å². The molecule has 3 rings (SSSR count). The van der Waals surface area contributed by atoms with Gasteiger partial charge in [-0.1, -0.05) is 25.5 Å². The van der Waals surface area contributed by atoms with Gasteiger partial charge in [0.25, 0.3) is 0 Å². The van der Waals surface area contributed by atoms with E-state index < -0.39 is 5.60 Å². The van der Waals surface area contributed by atoms with Gasteiger partial charge in [0.2, 0.25) is 0 Å². The van der Waals surface area contributed by atoms with Crippen molar-refractivity contribution in [3.05, 3.63) is 29.3 Å². The lowest BCUT2D eigenvalue weighted by molar-refractivity contribution is 0.0224. The molecule has 132 valence electrons. The van der Waals surface area contributed by atoms with Crippen LogP contribution in [0.2, 0.25) is 0 Å². The van der Waals surface area contributed by atoms with Crippen LogP contribution in [0.4, 0.5) is 10.5 Å². The Morgan fingerprint density at radius 2 is 2.08 bits per heavy atom. The highest BCUT2D eigenvalue weighted by Crippen LogP contribution is 2.32. The van der Waals surface area contributed by atoms with E-state index in [9.17, 15) is 4.79 Å². The molecule has 0 aromatic heterocycles. The SMILES string of the molecule is CC1CCCC1Nc1cccc2c1CN(C(=O)OC(C)(C)C)CC2. The fourth-order valence-electron chi connectivity index (χ4n) is 3.76. The van der Waals surface area contributed by atoms with Gasteiger partial charge in [0.1, 0.15) is 5.60 Å². The molecule has 1 aliphatic heterocycles. The number of benzene rings is 1. The standard InChI is InChI=1S/C20H30N2O2/c1-14-7-5-9-17(14)21-18-10-6-8-15-11-12-22(13-16(15)18)19(23)24-20(2,3)4/h6,8,10,14,17,21H,5,7,9,11-13H2,1-4H3. The topological polar surface area (TPSA) is 41.6 Å². The molecule has 1 heterocycles. The molecule has 1 aliphatic carbocycles. The number of fused-ring (bicyclic) bond motifs is 1. The molecule has 0 spiro atoms. The Hall–Kier alpha value is -1.71. The van der Waals surface area contributed by atoms with Crippen LogP contribution >= 0.6 is 0 Å². The third kappa shape index (κ3) is 3.85. The number of nitrogens with zero attached hydrogens (tertiary/aromatic N) is 1. The summed E-state index contributed by atoms with van der Waals surface area (Å²) in [5.74, 6) is 0.714. The maximum Gasteiger partial charge on any atom is 0.410 e. The fourth-order valence-corrected chi connectivity index (χ4v) is 3.76. The maximum atomic E-state index is 12.4. The summed E-state index contributed by atoms with van der Waals surface area (Å²) in [6, 6.07) is 7.02. The summed E-state index contributed by atoms with van der Waals surface area (Å²) in [5.41, 5.74) is 3.35. The summed E-state index contributed by atoms with van der Waals surface area (Å²) in [6.07, 6.45) is 4.52. The number of hydrogen-bond acceptors (Lipinski definition) is 3. The molecule has 1 saturated carbocycles. The zero-order valence-corrected chi connectivity index (χ0v) is 15.4. The zero-order valence-electron chi connectivity index (χ0n) is 15.4. The van der Waals surface area contributed by atoms with Crippen molar-refractivity contribution in [2.75, 3.05) is 11.9 Å². The molecule has 0 saturated heterocycles. The zero-order chi connectivity index (χ0) is 17.3. The van der Waals surface area contributed by atoms with E-state index in [-0.39, 0.29) is 6.09 Å². The van der Waals surface area contributed by atoms with Crippen LogP contribution in [0.1, 0.15) is 58.1 Å². The van der Waals surface area contributed by atoms with E-state index in [1.807, 2.05) is 25.7 Å². The van der Waals surface area contributed by atoms with Gasteiger partial charge in [-0.15, -0.1) is 0 Å². The van der Waals surface area contributed by atoms with Crippen molar-refractivity contribution < 1.29 is 9.53 Å². The molecule has 2 unspecified atom stereocenters. The first-order valence-electron chi connectivity index (χ1n) is 9.19. The van der Waals surface area contributed by atoms with E-state index in [1.165, 1.54) is 36.1 Å². The van der Waals surface area contributed by atoms with Gasteiger partial charge in [0.15, 0.2) is 0 Å². The molecule has 4 heteroatoms. The van der Waals surface area contributed by atoms with E-state index in [0.29, 0.717) is 18.5 Å². The average Bonchev–Trinajstić information content (AvgIpc) is 2.91. The third-order valence-electron chi connectivity index (χ3n) is 5.13. The lowest BCUT2D eigenvalue weighted by atomic mass is 9.97. The Balaban J connectivity index is 1.75. The number of amides is 1. The van der Waals surface area contributed by atoms with Gasteiger partial charge in [-0.3, -0.25) is 0 Å². The van der Waals surface area contributed by atoms with Gasteiger partial charge in [0.05, 0.1) is 6.54 Å². The Labute approximate surface area is 145 Å². The largest absolute Gasteiger partial charge is 0.444 e. The molecule has 0 radical (unpaired) electrons. The second-order valence-electron chi connectivity index (χ2n) is 8.25. The van der Waals surface area contributed by atoms with Gasteiger partial charge in [0, 0.05) is 18.3 Å². The summed E-state index contributed by atoms with van der Waals surface area (Å²) in [5, 5.41) is 3.75. The summed E-state index contributed by atoms with van der Waals surface area (Å²) >= 11 is 0. The van der Waals surface area contributed by atoms with Gasteiger partial charge in [-0.2, -0.15) is 0 Å². The Kier molecular flexibility index (Phi) is 4.75. The quantitative estimate of drug-likeness (QED) is 0.863. The fraction of sp³-hybridized carbons (Fsp3) is 0.650. The molecule has 1 fully saturated rings. The van der Waals surface area contributed by atoms with Crippen LogP contribution in [0.3, 0.4) is 0 Å². The molecule has 1 amide bonds. The lowest BCUT2D eigenvalue weighted by Gasteiger charge is -2.33. The van der Waals surface area contributed by atoms with E-state index in [1.54, 1.807) is 0 Å². The summed E-state index contributed by atoms with van der Waals surface area (Å²) < 4.78 is 5.55. The Bertz CT molecular complexity index is 606. The van der Waals surface area contributed by atoms with Crippen LogP contribution in [0, 0.1) is 5.92 Å². The number of rotatable bonds is 2. The Morgan fingerprint density at radius 3 is 2.75 bits per heavy atom. The van der Waals surface area contributed by atoms with Crippen molar-refractivity contribution in [1.29, 1.82) is 0 Å². The second kappa shape index (κ2) is 6.66. The molecule has 4 nitrogen and oxygen atoms in total.